The number of ether oxygens (including phenoxy) is 1. The first-order valence-corrected chi connectivity index (χ1v) is 9.23. The summed E-state index contributed by atoms with van der Waals surface area (Å²) in [5.74, 6) is 0.320. The van der Waals surface area contributed by atoms with Crippen LogP contribution in [0.3, 0.4) is 0 Å². The second-order valence-electron chi connectivity index (χ2n) is 5.67. The van der Waals surface area contributed by atoms with Crippen LogP contribution in [0.5, 0.6) is 5.75 Å². The Hall–Kier alpha value is -1.60. The van der Waals surface area contributed by atoms with E-state index in [-0.39, 0.29) is 11.4 Å². The van der Waals surface area contributed by atoms with Crippen molar-refractivity contribution in [3.05, 3.63) is 58.6 Å². The highest BCUT2D eigenvalue weighted by Crippen LogP contribution is 2.25. The molecule has 2 aromatic carbocycles. The molecule has 5 nitrogen and oxygen atoms in total. The minimum absolute atomic E-state index is 0.137. The maximum absolute atomic E-state index is 12.7. The molecular weight excluding hydrogens is 348 g/mol. The Labute approximate surface area is 148 Å². The van der Waals surface area contributed by atoms with Crippen LogP contribution in [0.4, 0.5) is 0 Å². The molecule has 7 heteroatoms. The first-order chi connectivity index (χ1) is 11.3. The van der Waals surface area contributed by atoms with Crippen molar-refractivity contribution in [3.8, 4) is 5.75 Å². The minimum atomic E-state index is -3.70. The van der Waals surface area contributed by atoms with Gasteiger partial charge in [-0.05, 0) is 49.5 Å². The van der Waals surface area contributed by atoms with Crippen molar-refractivity contribution in [2.75, 3.05) is 21.2 Å². The highest BCUT2D eigenvalue weighted by Gasteiger charge is 2.20. The number of halogens is 1. The van der Waals surface area contributed by atoms with Crippen LogP contribution >= 0.6 is 11.6 Å². The predicted molar refractivity (Wildman–Crippen MR) is 95.9 cm³/mol. The molecule has 1 N–H and O–H groups in total. The van der Waals surface area contributed by atoms with Gasteiger partial charge in [0.2, 0.25) is 10.0 Å². The maximum Gasteiger partial charge on any atom is 0.244 e. The first-order valence-electron chi connectivity index (χ1n) is 7.37. The summed E-state index contributed by atoms with van der Waals surface area (Å²) in [7, 11) is 1.62. The molecule has 24 heavy (non-hydrogen) atoms. The molecule has 0 spiro atoms. The summed E-state index contributed by atoms with van der Waals surface area (Å²) in [6, 6.07) is 12.2. The van der Waals surface area contributed by atoms with Crippen LogP contribution in [0, 0.1) is 0 Å². The number of hydrogen-bond acceptors (Lipinski definition) is 4. The van der Waals surface area contributed by atoms with Crippen molar-refractivity contribution < 1.29 is 13.2 Å². The van der Waals surface area contributed by atoms with Crippen LogP contribution in [-0.4, -0.2) is 34.5 Å². The van der Waals surface area contributed by atoms with E-state index >= 15 is 0 Å². The van der Waals surface area contributed by atoms with Gasteiger partial charge in [0.05, 0.1) is 7.11 Å². The summed E-state index contributed by atoms with van der Waals surface area (Å²) in [6.45, 7) is 0.824. The van der Waals surface area contributed by atoms with Crippen molar-refractivity contribution in [2.45, 2.75) is 18.0 Å². The lowest BCUT2D eigenvalue weighted by Crippen LogP contribution is -2.24. The van der Waals surface area contributed by atoms with Gasteiger partial charge in [-0.3, -0.25) is 0 Å². The first kappa shape index (κ1) is 18.7. The van der Waals surface area contributed by atoms with E-state index in [9.17, 15) is 8.42 Å². The highest BCUT2D eigenvalue weighted by molar-refractivity contribution is 7.89. The van der Waals surface area contributed by atoms with Gasteiger partial charge in [0, 0.05) is 18.1 Å². The molecule has 0 unspecified atom stereocenters. The van der Waals surface area contributed by atoms with Crippen LogP contribution in [0.25, 0.3) is 0 Å². The molecule has 0 saturated heterocycles. The van der Waals surface area contributed by atoms with Gasteiger partial charge >= 0.3 is 0 Å². The number of sulfonamides is 1. The molecule has 2 rings (SSSR count). The second kappa shape index (κ2) is 7.98. The monoisotopic (exact) mass is 368 g/mol. The Balaban J connectivity index is 2.24. The van der Waals surface area contributed by atoms with Gasteiger partial charge in [0.1, 0.15) is 10.6 Å². The molecule has 0 saturated carbocycles. The molecule has 0 atom stereocenters. The molecular formula is C17H21ClN2O3S. The average molecular weight is 369 g/mol. The summed E-state index contributed by atoms with van der Waals surface area (Å²) in [5, 5.41) is 0.611. The third-order valence-electron chi connectivity index (χ3n) is 3.40. The maximum atomic E-state index is 12.7. The smallest absolute Gasteiger partial charge is 0.244 e. The van der Waals surface area contributed by atoms with Crippen LogP contribution in [-0.2, 0) is 23.1 Å². The highest BCUT2D eigenvalue weighted by atomic mass is 35.5. The lowest BCUT2D eigenvalue weighted by molar-refractivity contribution is 0.393. The summed E-state index contributed by atoms with van der Waals surface area (Å²) in [5.41, 5.74) is 1.72. The van der Waals surface area contributed by atoms with Crippen molar-refractivity contribution >= 4 is 21.6 Å². The largest absolute Gasteiger partial charge is 0.495 e. The van der Waals surface area contributed by atoms with Crippen LogP contribution < -0.4 is 9.46 Å². The summed E-state index contributed by atoms with van der Waals surface area (Å²) in [4.78, 5) is 2.11. The third-order valence-corrected chi connectivity index (χ3v) is 5.07. The van der Waals surface area contributed by atoms with Crippen molar-refractivity contribution in [1.82, 2.24) is 9.62 Å². The Morgan fingerprint density at radius 3 is 2.29 bits per heavy atom. The van der Waals surface area contributed by atoms with E-state index in [1.54, 1.807) is 36.4 Å². The van der Waals surface area contributed by atoms with Crippen molar-refractivity contribution in [3.63, 3.8) is 0 Å². The van der Waals surface area contributed by atoms with Gasteiger partial charge in [-0.2, -0.15) is 0 Å². The zero-order valence-corrected chi connectivity index (χ0v) is 15.5. The molecule has 0 aromatic heterocycles. The molecule has 130 valence electrons. The normalized spacial score (nSPS) is 11.7. The zero-order valence-electron chi connectivity index (χ0n) is 13.9. The minimum Gasteiger partial charge on any atom is -0.495 e. The number of nitrogens with one attached hydrogen (secondary N) is 1. The van der Waals surface area contributed by atoms with Gasteiger partial charge in [0.15, 0.2) is 0 Å². The SMILES string of the molecule is COc1ccc(CN(C)C)cc1S(=O)(=O)NCc1ccc(Cl)cc1. The summed E-state index contributed by atoms with van der Waals surface area (Å²) < 4.78 is 33.1. The lowest BCUT2D eigenvalue weighted by Gasteiger charge is -2.14. The van der Waals surface area contributed by atoms with Crippen LogP contribution in [0.2, 0.25) is 5.02 Å². The quantitative estimate of drug-likeness (QED) is 0.816. The standard InChI is InChI=1S/C17H21ClN2O3S/c1-20(2)12-14-6-9-16(23-3)17(10-14)24(21,22)19-11-13-4-7-15(18)8-5-13/h4-10,19H,11-12H2,1-3H3. The molecule has 0 aliphatic heterocycles. The number of rotatable bonds is 7. The topological polar surface area (TPSA) is 58.6 Å². The molecule has 0 heterocycles. The predicted octanol–water partition coefficient (Wildman–Crippen LogP) is 2.89. The summed E-state index contributed by atoms with van der Waals surface area (Å²) in [6.07, 6.45) is 0. The van der Waals surface area contributed by atoms with Gasteiger partial charge in [-0.25, -0.2) is 13.1 Å². The van der Waals surface area contributed by atoms with E-state index in [2.05, 4.69) is 4.72 Å². The molecule has 2 aromatic rings. The van der Waals surface area contributed by atoms with Gasteiger partial charge in [0.25, 0.3) is 0 Å². The van der Waals surface area contributed by atoms with Gasteiger partial charge in [-0.15, -0.1) is 0 Å². The Kier molecular flexibility index (Phi) is 6.23. The number of nitrogens with zero attached hydrogens (tertiary/aromatic N) is 1. The van der Waals surface area contributed by atoms with Gasteiger partial charge < -0.3 is 9.64 Å². The Bertz CT molecular complexity index is 790. The molecule has 0 radical (unpaired) electrons. The molecule has 0 aliphatic rings. The Morgan fingerprint density at radius 1 is 1.08 bits per heavy atom. The zero-order chi connectivity index (χ0) is 17.7. The number of hydrogen-bond donors (Lipinski definition) is 1. The van der Waals surface area contributed by atoms with E-state index < -0.39 is 10.0 Å². The van der Waals surface area contributed by atoms with E-state index in [0.717, 1.165) is 11.1 Å². The fourth-order valence-corrected chi connectivity index (χ4v) is 3.61. The van der Waals surface area contributed by atoms with Crippen LogP contribution in [0.1, 0.15) is 11.1 Å². The van der Waals surface area contributed by atoms with Crippen LogP contribution in [0.15, 0.2) is 47.4 Å². The van der Waals surface area contributed by atoms with E-state index in [0.29, 0.717) is 17.3 Å². The molecule has 0 amide bonds. The third kappa shape index (κ3) is 4.95. The van der Waals surface area contributed by atoms with E-state index in [1.165, 1.54) is 7.11 Å². The number of methoxy groups -OCH3 is 1. The van der Waals surface area contributed by atoms with Crippen molar-refractivity contribution in [2.24, 2.45) is 0 Å². The van der Waals surface area contributed by atoms with E-state index in [1.807, 2.05) is 25.1 Å². The average Bonchev–Trinajstić information content (AvgIpc) is 2.54. The lowest BCUT2D eigenvalue weighted by atomic mass is 10.2. The molecule has 0 fully saturated rings. The number of benzene rings is 2. The van der Waals surface area contributed by atoms with E-state index in [4.69, 9.17) is 16.3 Å². The second-order valence-corrected chi connectivity index (χ2v) is 7.85. The van der Waals surface area contributed by atoms with Gasteiger partial charge in [-0.1, -0.05) is 29.8 Å². The fourth-order valence-electron chi connectivity index (χ4n) is 2.25. The summed E-state index contributed by atoms with van der Waals surface area (Å²) >= 11 is 5.84. The fraction of sp³-hybridized carbons (Fsp3) is 0.294. The molecule has 0 bridgehead atoms. The Morgan fingerprint density at radius 2 is 1.71 bits per heavy atom. The van der Waals surface area contributed by atoms with Crippen molar-refractivity contribution in [1.29, 1.82) is 0 Å². The molecule has 0 aliphatic carbocycles.